The Morgan fingerprint density at radius 3 is 2.56 bits per heavy atom. The molecule has 1 aliphatic rings. The quantitative estimate of drug-likeness (QED) is 0.448. The average Bonchev–Trinajstić information content (AvgIpc) is 3.25. The molecule has 0 saturated carbocycles. The summed E-state index contributed by atoms with van der Waals surface area (Å²) < 4.78 is 13.1. The molecule has 1 aromatic carbocycles. The van der Waals surface area contributed by atoms with E-state index in [1.54, 1.807) is 17.3 Å². The fraction of sp³-hybridized carbons (Fsp3) is 0.360. The number of piperidine rings is 1. The van der Waals surface area contributed by atoms with Crippen LogP contribution in [0.5, 0.6) is 11.8 Å². The zero-order chi connectivity index (χ0) is 25.3. The second-order valence-corrected chi connectivity index (χ2v) is 9.64. The number of aromatic nitrogens is 6. The van der Waals surface area contributed by atoms with E-state index in [1.165, 1.54) is 6.33 Å². The number of benzene rings is 1. The number of nitrogens with two attached hydrogens (primary N) is 1. The third-order valence-electron chi connectivity index (χ3n) is 5.77. The molecule has 4 aromatic rings. The first-order chi connectivity index (χ1) is 17.3. The first kappa shape index (κ1) is 23.5. The number of para-hydroxylation sites is 1. The molecule has 0 radical (unpaired) electrons. The summed E-state index contributed by atoms with van der Waals surface area (Å²) in [6, 6.07) is 9.44. The molecule has 5 rings (SSSR count). The van der Waals surface area contributed by atoms with Gasteiger partial charge >= 0.3 is 12.1 Å². The first-order valence-electron chi connectivity index (χ1n) is 11.8. The minimum Gasteiger partial charge on any atom is -0.444 e. The Morgan fingerprint density at radius 2 is 1.83 bits per heavy atom. The van der Waals surface area contributed by atoms with Crippen molar-refractivity contribution in [2.45, 2.75) is 45.3 Å². The standard InChI is InChI=1S/C25H28N8O3/c1-25(2,3)36-24(34)32-11-7-8-17(14-32)33-22-19(21(26)29-15-30-22)20(31-33)16-12-27-23(28-13-16)35-18-9-5-4-6-10-18/h4-6,9-10,12-13,15,17H,7-8,11,14H2,1-3H3,(H2,26,29,30)/t17-/m1/s1. The van der Waals surface area contributed by atoms with E-state index < -0.39 is 5.60 Å². The summed E-state index contributed by atoms with van der Waals surface area (Å²) in [6.45, 7) is 6.66. The average molecular weight is 489 g/mol. The van der Waals surface area contributed by atoms with E-state index in [-0.39, 0.29) is 18.1 Å². The molecule has 11 heteroatoms. The highest BCUT2D eigenvalue weighted by molar-refractivity contribution is 5.98. The highest BCUT2D eigenvalue weighted by atomic mass is 16.6. The number of carbonyl (C=O) groups is 1. The second-order valence-electron chi connectivity index (χ2n) is 9.64. The molecule has 0 aliphatic carbocycles. The molecule has 1 saturated heterocycles. The van der Waals surface area contributed by atoms with Crippen LogP contribution in [-0.2, 0) is 4.74 Å². The van der Waals surface area contributed by atoms with Crippen LogP contribution in [0.2, 0.25) is 0 Å². The third kappa shape index (κ3) is 4.90. The van der Waals surface area contributed by atoms with Crippen molar-refractivity contribution < 1.29 is 14.3 Å². The lowest BCUT2D eigenvalue weighted by atomic mass is 10.1. The van der Waals surface area contributed by atoms with Crippen molar-refractivity contribution in [2.75, 3.05) is 18.8 Å². The van der Waals surface area contributed by atoms with Crippen molar-refractivity contribution in [1.29, 1.82) is 0 Å². The maximum Gasteiger partial charge on any atom is 0.410 e. The lowest BCUT2D eigenvalue weighted by molar-refractivity contribution is 0.0169. The zero-order valence-electron chi connectivity index (χ0n) is 20.5. The van der Waals surface area contributed by atoms with E-state index in [2.05, 4.69) is 19.9 Å². The van der Waals surface area contributed by atoms with E-state index in [1.807, 2.05) is 55.8 Å². The number of amides is 1. The summed E-state index contributed by atoms with van der Waals surface area (Å²) in [6.07, 6.45) is 6.01. The van der Waals surface area contributed by atoms with Gasteiger partial charge in [-0.2, -0.15) is 5.10 Å². The van der Waals surface area contributed by atoms with Crippen LogP contribution in [0.15, 0.2) is 49.1 Å². The van der Waals surface area contributed by atoms with E-state index in [0.717, 1.165) is 12.8 Å². The van der Waals surface area contributed by atoms with Crippen LogP contribution in [0, 0.1) is 0 Å². The molecule has 1 fully saturated rings. The maximum absolute atomic E-state index is 12.7. The van der Waals surface area contributed by atoms with Crippen molar-refractivity contribution in [3.63, 3.8) is 0 Å². The van der Waals surface area contributed by atoms with Crippen LogP contribution in [0.1, 0.15) is 39.7 Å². The molecule has 0 unspecified atom stereocenters. The van der Waals surface area contributed by atoms with E-state index >= 15 is 0 Å². The van der Waals surface area contributed by atoms with Gasteiger partial charge in [-0.05, 0) is 45.7 Å². The Balaban J connectivity index is 1.45. The SMILES string of the molecule is CC(C)(C)OC(=O)N1CCC[C@@H](n2nc(-c3cnc(Oc4ccccc4)nc3)c3c(N)ncnc32)C1. The summed E-state index contributed by atoms with van der Waals surface area (Å²) in [7, 11) is 0. The molecular weight excluding hydrogens is 460 g/mol. The predicted octanol–water partition coefficient (Wildman–Crippen LogP) is 4.23. The number of carbonyl (C=O) groups excluding carboxylic acids is 1. The van der Waals surface area contributed by atoms with Crippen LogP contribution in [0.3, 0.4) is 0 Å². The van der Waals surface area contributed by atoms with E-state index in [9.17, 15) is 4.79 Å². The molecule has 2 N–H and O–H groups in total. The number of hydrogen-bond donors (Lipinski definition) is 1. The molecule has 1 atom stereocenters. The summed E-state index contributed by atoms with van der Waals surface area (Å²) in [4.78, 5) is 31.8. The number of nitrogens with zero attached hydrogens (tertiary/aromatic N) is 7. The molecule has 3 aromatic heterocycles. The maximum atomic E-state index is 12.7. The van der Waals surface area contributed by atoms with Gasteiger partial charge in [-0.15, -0.1) is 0 Å². The van der Waals surface area contributed by atoms with Gasteiger partial charge in [0, 0.05) is 31.0 Å². The smallest absolute Gasteiger partial charge is 0.410 e. The predicted molar refractivity (Wildman–Crippen MR) is 133 cm³/mol. The van der Waals surface area contributed by atoms with Gasteiger partial charge in [0.15, 0.2) is 5.65 Å². The van der Waals surface area contributed by atoms with Crippen molar-refractivity contribution in [1.82, 2.24) is 34.6 Å². The minimum atomic E-state index is -0.562. The summed E-state index contributed by atoms with van der Waals surface area (Å²) in [5.41, 5.74) is 7.52. The number of rotatable bonds is 4. The van der Waals surface area contributed by atoms with Gasteiger partial charge in [0.05, 0.1) is 11.4 Å². The van der Waals surface area contributed by atoms with Crippen LogP contribution >= 0.6 is 0 Å². The van der Waals surface area contributed by atoms with Gasteiger partial charge in [0.25, 0.3) is 0 Å². The highest BCUT2D eigenvalue weighted by Crippen LogP contribution is 2.34. The Kier molecular flexibility index (Phi) is 6.13. The molecule has 11 nitrogen and oxygen atoms in total. The monoisotopic (exact) mass is 488 g/mol. The normalized spacial score (nSPS) is 16.2. The van der Waals surface area contributed by atoms with Crippen LogP contribution in [0.25, 0.3) is 22.3 Å². The van der Waals surface area contributed by atoms with Crippen LogP contribution < -0.4 is 10.5 Å². The van der Waals surface area contributed by atoms with Crippen molar-refractivity contribution in [2.24, 2.45) is 0 Å². The van der Waals surface area contributed by atoms with Crippen molar-refractivity contribution in [3.05, 3.63) is 49.1 Å². The fourth-order valence-electron chi connectivity index (χ4n) is 4.18. The number of nitrogen functional groups attached to an aromatic ring is 1. The van der Waals surface area contributed by atoms with Gasteiger partial charge in [0.2, 0.25) is 0 Å². The number of ether oxygens (including phenoxy) is 2. The molecule has 4 heterocycles. The van der Waals surface area contributed by atoms with Crippen LogP contribution in [-0.4, -0.2) is 59.4 Å². The Bertz CT molecular complexity index is 1370. The molecule has 1 amide bonds. The van der Waals surface area contributed by atoms with E-state index in [0.29, 0.717) is 46.9 Å². The largest absolute Gasteiger partial charge is 0.444 e. The lowest BCUT2D eigenvalue weighted by Gasteiger charge is -2.34. The number of hydrogen-bond acceptors (Lipinski definition) is 9. The van der Waals surface area contributed by atoms with Gasteiger partial charge in [0.1, 0.15) is 29.2 Å². The Labute approximate surface area is 208 Å². The Hall–Kier alpha value is -4.28. The Morgan fingerprint density at radius 1 is 1.08 bits per heavy atom. The third-order valence-corrected chi connectivity index (χ3v) is 5.77. The molecular formula is C25H28N8O3. The first-order valence-corrected chi connectivity index (χ1v) is 11.8. The number of anilines is 1. The van der Waals surface area contributed by atoms with Crippen LogP contribution in [0.4, 0.5) is 10.6 Å². The molecule has 1 aliphatic heterocycles. The minimum absolute atomic E-state index is 0.0987. The molecule has 186 valence electrons. The summed E-state index contributed by atoms with van der Waals surface area (Å²) in [5.74, 6) is 0.954. The van der Waals surface area contributed by atoms with E-state index in [4.69, 9.17) is 20.3 Å². The van der Waals surface area contributed by atoms with Gasteiger partial charge in [-0.1, -0.05) is 18.2 Å². The molecule has 0 spiro atoms. The van der Waals surface area contributed by atoms with Gasteiger partial charge < -0.3 is 20.1 Å². The van der Waals surface area contributed by atoms with Gasteiger partial charge in [-0.3, -0.25) is 0 Å². The summed E-state index contributed by atoms with van der Waals surface area (Å²) >= 11 is 0. The van der Waals surface area contributed by atoms with Crippen molar-refractivity contribution >= 4 is 22.9 Å². The lowest BCUT2D eigenvalue weighted by Crippen LogP contribution is -2.43. The molecule has 36 heavy (non-hydrogen) atoms. The second kappa shape index (κ2) is 9.40. The number of fused-ring (bicyclic) bond motifs is 1. The zero-order valence-corrected chi connectivity index (χ0v) is 20.5. The van der Waals surface area contributed by atoms with Crippen molar-refractivity contribution in [3.8, 4) is 23.0 Å². The highest BCUT2D eigenvalue weighted by Gasteiger charge is 2.31. The fourth-order valence-corrected chi connectivity index (χ4v) is 4.18. The molecule has 0 bridgehead atoms. The van der Waals surface area contributed by atoms with Gasteiger partial charge in [-0.25, -0.2) is 29.4 Å². The number of likely N-dealkylation sites (tertiary alicyclic amines) is 1. The topological polar surface area (TPSA) is 134 Å². The summed E-state index contributed by atoms with van der Waals surface area (Å²) in [5, 5.41) is 5.48.